The van der Waals surface area contributed by atoms with E-state index in [0.29, 0.717) is 11.1 Å². The maximum atomic E-state index is 13.6. The van der Waals surface area contributed by atoms with Crippen LogP contribution in [0.15, 0.2) is 42.5 Å². The molecule has 0 bridgehead atoms. The van der Waals surface area contributed by atoms with E-state index in [1.165, 1.54) is 39.5 Å². The molecule has 0 unspecified atom stereocenters. The highest BCUT2D eigenvalue weighted by molar-refractivity contribution is 5.98. The van der Waals surface area contributed by atoms with Gasteiger partial charge >= 0.3 is 5.97 Å². The van der Waals surface area contributed by atoms with Crippen molar-refractivity contribution in [2.24, 2.45) is 0 Å². The number of likely N-dealkylation sites (tertiary alicyclic amines) is 1. The summed E-state index contributed by atoms with van der Waals surface area (Å²) in [5.41, 5.74) is 3.87. The molecular formula is C32H45N5O3. The first-order valence-electron chi connectivity index (χ1n) is 15.0. The number of unbranched alkanes of at least 4 members (excludes halogenated alkanes) is 2. The quantitative estimate of drug-likeness (QED) is 0.233. The molecule has 2 aromatic carbocycles. The zero-order valence-corrected chi connectivity index (χ0v) is 24.5. The highest BCUT2D eigenvalue weighted by atomic mass is 16.5. The fourth-order valence-corrected chi connectivity index (χ4v) is 5.34. The van der Waals surface area contributed by atoms with Crippen molar-refractivity contribution in [3.05, 3.63) is 53.6 Å². The number of aromatic nitrogens is 2. The number of esters is 1. The van der Waals surface area contributed by atoms with E-state index in [-0.39, 0.29) is 11.9 Å². The number of ether oxygens (including phenoxy) is 1. The molecule has 2 heterocycles. The fraction of sp³-hybridized carbons (Fsp3) is 0.531. The number of nitrogens with one attached hydrogen (secondary N) is 1. The number of rotatable bonds is 14. The zero-order chi connectivity index (χ0) is 28.3. The SMILES string of the molecule is CCCCN(CCCC)C(=O)c1ccc2nc(Nc3ccc(C(=O)OC)cc3)n(CCCN3CCCCC3)c2c1. The number of fused-ring (bicyclic) bond motifs is 1. The van der Waals surface area contributed by atoms with Gasteiger partial charge in [-0.3, -0.25) is 4.79 Å². The summed E-state index contributed by atoms with van der Waals surface area (Å²) in [5.74, 6) is 0.469. The van der Waals surface area contributed by atoms with Crippen molar-refractivity contribution < 1.29 is 14.3 Å². The lowest BCUT2D eigenvalue weighted by molar-refractivity contribution is 0.0600. The second-order valence-corrected chi connectivity index (χ2v) is 10.7. The smallest absolute Gasteiger partial charge is 0.337 e. The molecule has 0 aliphatic carbocycles. The van der Waals surface area contributed by atoms with E-state index in [1.807, 2.05) is 35.2 Å². The summed E-state index contributed by atoms with van der Waals surface area (Å²) in [6, 6.07) is 13.1. The highest BCUT2D eigenvalue weighted by Crippen LogP contribution is 2.26. The first kappa shape index (κ1) is 29.6. The highest BCUT2D eigenvalue weighted by Gasteiger charge is 2.19. The van der Waals surface area contributed by atoms with Crippen LogP contribution in [0.25, 0.3) is 11.0 Å². The third-order valence-electron chi connectivity index (χ3n) is 7.71. The minimum absolute atomic E-state index is 0.0952. The van der Waals surface area contributed by atoms with Gasteiger partial charge in [-0.1, -0.05) is 33.1 Å². The van der Waals surface area contributed by atoms with Gasteiger partial charge < -0.3 is 24.4 Å². The summed E-state index contributed by atoms with van der Waals surface area (Å²) in [7, 11) is 1.38. The summed E-state index contributed by atoms with van der Waals surface area (Å²) >= 11 is 0. The third-order valence-corrected chi connectivity index (χ3v) is 7.71. The Labute approximate surface area is 238 Å². The monoisotopic (exact) mass is 547 g/mol. The lowest BCUT2D eigenvalue weighted by Gasteiger charge is -2.26. The van der Waals surface area contributed by atoms with Crippen molar-refractivity contribution in [2.75, 3.05) is 45.2 Å². The van der Waals surface area contributed by atoms with Crippen LogP contribution in [-0.2, 0) is 11.3 Å². The van der Waals surface area contributed by atoms with E-state index < -0.39 is 0 Å². The second kappa shape index (κ2) is 14.8. The first-order chi connectivity index (χ1) is 19.5. The van der Waals surface area contributed by atoms with Crippen molar-refractivity contribution in [2.45, 2.75) is 71.8 Å². The predicted molar refractivity (Wildman–Crippen MR) is 161 cm³/mol. The van der Waals surface area contributed by atoms with Gasteiger partial charge in [0.05, 0.1) is 23.7 Å². The maximum absolute atomic E-state index is 13.6. The molecule has 8 nitrogen and oxygen atoms in total. The molecule has 216 valence electrons. The molecule has 1 aliphatic heterocycles. The molecule has 4 rings (SSSR count). The zero-order valence-electron chi connectivity index (χ0n) is 24.5. The maximum Gasteiger partial charge on any atom is 0.337 e. The molecule has 0 atom stereocenters. The van der Waals surface area contributed by atoms with E-state index >= 15 is 0 Å². The number of carbonyl (C=O) groups is 2. The van der Waals surface area contributed by atoms with Crippen molar-refractivity contribution in [3.8, 4) is 0 Å². The van der Waals surface area contributed by atoms with Gasteiger partial charge in [-0.2, -0.15) is 0 Å². The van der Waals surface area contributed by atoms with Crippen LogP contribution in [0.4, 0.5) is 11.6 Å². The van der Waals surface area contributed by atoms with Gasteiger partial charge in [-0.15, -0.1) is 0 Å². The van der Waals surface area contributed by atoms with Gasteiger partial charge in [0.25, 0.3) is 5.91 Å². The van der Waals surface area contributed by atoms with Gasteiger partial charge in [0.1, 0.15) is 0 Å². The van der Waals surface area contributed by atoms with Crippen LogP contribution >= 0.6 is 0 Å². The average Bonchev–Trinajstić information content (AvgIpc) is 3.33. The lowest BCUT2D eigenvalue weighted by atomic mass is 10.1. The van der Waals surface area contributed by atoms with Crippen LogP contribution in [0.3, 0.4) is 0 Å². The summed E-state index contributed by atoms with van der Waals surface area (Å²) in [4.78, 5) is 34.9. The molecule has 0 saturated carbocycles. The summed E-state index contributed by atoms with van der Waals surface area (Å²) in [5, 5.41) is 3.45. The molecule has 8 heteroatoms. The van der Waals surface area contributed by atoms with Crippen molar-refractivity contribution in [3.63, 3.8) is 0 Å². The van der Waals surface area contributed by atoms with E-state index in [0.717, 1.165) is 81.0 Å². The molecule has 1 aliphatic rings. The standard InChI is InChI=1S/C32H45N5O3/c1-4-6-21-36(22-7-5-2)30(38)26-14-17-28-29(24-26)37(23-11-20-35-18-9-8-10-19-35)32(34-28)33-27-15-12-25(13-16-27)31(39)40-3/h12-17,24H,4-11,18-23H2,1-3H3,(H,33,34). The summed E-state index contributed by atoms with van der Waals surface area (Å²) in [6.45, 7) is 10.1. The van der Waals surface area contributed by atoms with E-state index in [2.05, 4.69) is 28.6 Å². The van der Waals surface area contributed by atoms with Gasteiger partial charge in [-0.25, -0.2) is 9.78 Å². The Balaban J connectivity index is 1.61. The minimum atomic E-state index is -0.361. The molecule has 1 fully saturated rings. The number of piperidine rings is 1. The van der Waals surface area contributed by atoms with Crippen LogP contribution in [0.2, 0.25) is 0 Å². The van der Waals surface area contributed by atoms with Gasteiger partial charge in [0, 0.05) is 30.9 Å². The Morgan fingerprint density at radius 1 is 0.900 bits per heavy atom. The van der Waals surface area contributed by atoms with Crippen LogP contribution in [0.5, 0.6) is 0 Å². The topological polar surface area (TPSA) is 79.7 Å². The number of nitrogens with zero attached hydrogens (tertiary/aromatic N) is 4. The number of hydrogen-bond donors (Lipinski definition) is 1. The van der Waals surface area contributed by atoms with Crippen LogP contribution < -0.4 is 5.32 Å². The summed E-state index contributed by atoms with van der Waals surface area (Å²) < 4.78 is 7.03. The Hall–Kier alpha value is -3.39. The number of aryl methyl sites for hydroxylation is 1. The normalized spacial score (nSPS) is 13.9. The fourth-order valence-electron chi connectivity index (χ4n) is 5.34. The molecular weight excluding hydrogens is 502 g/mol. The molecule has 1 amide bonds. The molecule has 40 heavy (non-hydrogen) atoms. The largest absolute Gasteiger partial charge is 0.465 e. The minimum Gasteiger partial charge on any atom is -0.465 e. The number of carbonyl (C=O) groups excluding carboxylic acids is 2. The average molecular weight is 548 g/mol. The molecule has 1 N–H and O–H groups in total. The Morgan fingerprint density at radius 2 is 1.57 bits per heavy atom. The van der Waals surface area contributed by atoms with E-state index in [1.54, 1.807) is 12.1 Å². The third kappa shape index (κ3) is 7.62. The van der Waals surface area contributed by atoms with Crippen LogP contribution in [0.1, 0.15) is 85.9 Å². The van der Waals surface area contributed by atoms with Gasteiger partial charge in [0.15, 0.2) is 0 Å². The Kier molecular flexibility index (Phi) is 11.0. The Morgan fingerprint density at radius 3 is 2.23 bits per heavy atom. The number of benzene rings is 2. The molecule has 0 radical (unpaired) electrons. The summed E-state index contributed by atoms with van der Waals surface area (Å²) in [6.07, 6.45) is 9.03. The van der Waals surface area contributed by atoms with Crippen molar-refractivity contribution in [1.29, 1.82) is 0 Å². The predicted octanol–water partition coefficient (Wildman–Crippen LogP) is 6.48. The lowest BCUT2D eigenvalue weighted by Crippen LogP contribution is -2.33. The van der Waals surface area contributed by atoms with Gasteiger partial charge in [-0.05, 0) is 94.2 Å². The van der Waals surface area contributed by atoms with E-state index in [9.17, 15) is 9.59 Å². The van der Waals surface area contributed by atoms with Crippen molar-refractivity contribution in [1.82, 2.24) is 19.4 Å². The number of imidazole rings is 1. The molecule has 1 saturated heterocycles. The number of methoxy groups -OCH3 is 1. The molecule has 1 aromatic heterocycles. The van der Waals surface area contributed by atoms with E-state index in [4.69, 9.17) is 9.72 Å². The number of hydrogen-bond acceptors (Lipinski definition) is 6. The number of amides is 1. The van der Waals surface area contributed by atoms with Gasteiger partial charge in [0.2, 0.25) is 5.95 Å². The van der Waals surface area contributed by atoms with Crippen LogP contribution in [-0.4, -0.2) is 71.1 Å². The van der Waals surface area contributed by atoms with Crippen LogP contribution in [0, 0.1) is 0 Å². The number of anilines is 2. The van der Waals surface area contributed by atoms with Crippen molar-refractivity contribution >= 4 is 34.5 Å². The molecule has 0 spiro atoms. The molecule has 3 aromatic rings. The second-order valence-electron chi connectivity index (χ2n) is 10.7. The first-order valence-corrected chi connectivity index (χ1v) is 15.0. The Bertz CT molecular complexity index is 1240.